The maximum Gasteiger partial charge on any atom is 0.192 e. The Bertz CT molecular complexity index is 546. The number of benzene rings is 1. The lowest BCUT2D eigenvalue weighted by Crippen LogP contribution is -1.97. The molecule has 0 aliphatic heterocycles. The van der Waals surface area contributed by atoms with E-state index in [0.717, 1.165) is 10.6 Å². The fraction of sp³-hybridized carbons (Fsp3) is 0.133. The molecule has 0 saturated carbocycles. The fourth-order valence-corrected chi connectivity index (χ4v) is 2.38. The Balaban J connectivity index is 2.10. The zero-order chi connectivity index (χ0) is 12.1. The minimum atomic E-state index is 0.0899. The second-order valence-electron chi connectivity index (χ2n) is 3.91. The molecular weight excluding hydrogens is 228 g/mol. The molecule has 0 heterocycles. The van der Waals surface area contributed by atoms with Crippen molar-refractivity contribution in [3.63, 3.8) is 0 Å². The average Bonchev–Trinajstić information content (AvgIpc) is 2.54. The van der Waals surface area contributed by atoms with E-state index >= 15 is 0 Å². The SMILES string of the molecule is Cc1ccc(CSc2cccccc2=O)cc1. The Kier molecular flexibility index (Phi) is 3.99. The molecule has 0 spiro atoms. The molecule has 0 N–H and O–H groups in total. The summed E-state index contributed by atoms with van der Waals surface area (Å²) in [5.74, 6) is 0.833. The summed E-state index contributed by atoms with van der Waals surface area (Å²) < 4.78 is 0. The lowest BCUT2D eigenvalue weighted by Gasteiger charge is -2.00. The molecule has 2 rings (SSSR count). The molecule has 0 atom stereocenters. The minimum Gasteiger partial charge on any atom is -0.289 e. The third kappa shape index (κ3) is 3.46. The summed E-state index contributed by atoms with van der Waals surface area (Å²) in [6.45, 7) is 2.07. The van der Waals surface area contributed by atoms with Gasteiger partial charge >= 0.3 is 0 Å². The maximum atomic E-state index is 11.7. The van der Waals surface area contributed by atoms with Crippen LogP contribution < -0.4 is 5.43 Å². The van der Waals surface area contributed by atoms with Crippen LogP contribution in [0.5, 0.6) is 0 Å². The highest BCUT2D eigenvalue weighted by atomic mass is 32.2. The van der Waals surface area contributed by atoms with E-state index in [1.54, 1.807) is 23.9 Å². The summed E-state index contributed by atoms with van der Waals surface area (Å²) in [7, 11) is 0. The predicted molar refractivity (Wildman–Crippen MR) is 73.5 cm³/mol. The van der Waals surface area contributed by atoms with Gasteiger partial charge in [-0.25, -0.2) is 0 Å². The molecule has 0 amide bonds. The Hall–Kier alpha value is -1.54. The molecule has 0 radical (unpaired) electrons. The average molecular weight is 242 g/mol. The molecule has 2 aromatic carbocycles. The Morgan fingerprint density at radius 3 is 2.41 bits per heavy atom. The number of aryl methyl sites for hydroxylation is 1. The van der Waals surface area contributed by atoms with Crippen LogP contribution in [0.2, 0.25) is 0 Å². The van der Waals surface area contributed by atoms with Crippen molar-refractivity contribution in [3.05, 3.63) is 75.9 Å². The summed E-state index contributed by atoms with van der Waals surface area (Å²) in [4.78, 5) is 12.5. The van der Waals surface area contributed by atoms with Crippen molar-refractivity contribution in [1.82, 2.24) is 0 Å². The Labute approximate surface area is 106 Å². The molecule has 2 heteroatoms. The van der Waals surface area contributed by atoms with Gasteiger partial charge in [-0.05, 0) is 24.6 Å². The first-order valence-electron chi connectivity index (χ1n) is 5.53. The van der Waals surface area contributed by atoms with Gasteiger partial charge in [-0.2, -0.15) is 0 Å². The van der Waals surface area contributed by atoms with Gasteiger partial charge in [0.05, 0.1) is 4.90 Å². The molecule has 17 heavy (non-hydrogen) atoms. The molecule has 86 valence electrons. The van der Waals surface area contributed by atoms with Crippen LogP contribution in [0.1, 0.15) is 11.1 Å². The highest BCUT2D eigenvalue weighted by Gasteiger charge is 1.98. The molecule has 0 fully saturated rings. The second kappa shape index (κ2) is 5.69. The normalized spacial score (nSPS) is 10.2. The first kappa shape index (κ1) is 11.9. The smallest absolute Gasteiger partial charge is 0.192 e. The second-order valence-corrected chi connectivity index (χ2v) is 4.93. The molecule has 0 saturated heterocycles. The number of thioether (sulfide) groups is 1. The molecule has 0 unspecified atom stereocenters. The fourth-order valence-electron chi connectivity index (χ4n) is 1.48. The van der Waals surface area contributed by atoms with Gasteiger partial charge in [0.15, 0.2) is 5.43 Å². The topological polar surface area (TPSA) is 17.1 Å². The van der Waals surface area contributed by atoms with Gasteiger partial charge in [-0.15, -0.1) is 11.8 Å². The zero-order valence-corrected chi connectivity index (χ0v) is 10.5. The van der Waals surface area contributed by atoms with Crippen LogP contribution in [-0.2, 0) is 5.75 Å². The number of hydrogen-bond donors (Lipinski definition) is 0. The summed E-state index contributed by atoms with van der Waals surface area (Å²) in [6.07, 6.45) is 0. The van der Waals surface area contributed by atoms with E-state index in [-0.39, 0.29) is 5.43 Å². The molecule has 0 aliphatic rings. The van der Waals surface area contributed by atoms with Crippen LogP contribution in [0, 0.1) is 6.92 Å². The Morgan fingerprint density at radius 2 is 1.65 bits per heavy atom. The molecule has 0 aliphatic carbocycles. The van der Waals surface area contributed by atoms with E-state index in [9.17, 15) is 4.79 Å². The summed E-state index contributed by atoms with van der Waals surface area (Å²) in [6, 6.07) is 17.4. The maximum absolute atomic E-state index is 11.7. The van der Waals surface area contributed by atoms with Gasteiger partial charge in [-0.3, -0.25) is 4.79 Å². The monoisotopic (exact) mass is 242 g/mol. The third-order valence-corrected chi connectivity index (χ3v) is 3.60. The first-order chi connectivity index (χ1) is 8.25. The molecule has 2 aromatic rings. The van der Waals surface area contributed by atoms with Gasteiger partial charge in [0, 0.05) is 5.75 Å². The van der Waals surface area contributed by atoms with E-state index in [1.165, 1.54) is 11.1 Å². The van der Waals surface area contributed by atoms with Crippen LogP contribution in [0.3, 0.4) is 0 Å². The standard InChI is InChI=1S/C15H14OS/c1-12-7-9-13(10-8-12)11-17-15-6-4-2-3-5-14(15)16/h2-10H,11H2,1H3. The zero-order valence-electron chi connectivity index (χ0n) is 9.72. The van der Waals surface area contributed by atoms with Gasteiger partial charge in [0.25, 0.3) is 0 Å². The van der Waals surface area contributed by atoms with Gasteiger partial charge in [0.2, 0.25) is 0 Å². The summed E-state index contributed by atoms with van der Waals surface area (Å²) in [5, 5.41) is 0. The van der Waals surface area contributed by atoms with Crippen LogP contribution in [0.25, 0.3) is 0 Å². The van der Waals surface area contributed by atoms with E-state index in [2.05, 4.69) is 31.2 Å². The van der Waals surface area contributed by atoms with Crippen molar-refractivity contribution < 1.29 is 0 Å². The summed E-state index contributed by atoms with van der Waals surface area (Å²) >= 11 is 1.59. The highest BCUT2D eigenvalue weighted by Crippen LogP contribution is 2.19. The van der Waals surface area contributed by atoms with Crippen LogP contribution in [-0.4, -0.2) is 0 Å². The molecule has 1 nitrogen and oxygen atoms in total. The third-order valence-electron chi connectivity index (χ3n) is 2.48. The summed E-state index contributed by atoms with van der Waals surface area (Å²) in [5.41, 5.74) is 2.59. The largest absolute Gasteiger partial charge is 0.289 e. The minimum absolute atomic E-state index is 0.0899. The molecule has 0 bridgehead atoms. The number of rotatable bonds is 3. The van der Waals surface area contributed by atoms with Gasteiger partial charge in [0.1, 0.15) is 0 Å². The lowest BCUT2D eigenvalue weighted by molar-refractivity contribution is 1.34. The van der Waals surface area contributed by atoms with Crippen LogP contribution in [0.15, 0.2) is 64.3 Å². The van der Waals surface area contributed by atoms with Gasteiger partial charge < -0.3 is 0 Å². The quantitative estimate of drug-likeness (QED) is 0.764. The van der Waals surface area contributed by atoms with Crippen molar-refractivity contribution in [2.45, 2.75) is 17.6 Å². The van der Waals surface area contributed by atoms with Crippen molar-refractivity contribution in [1.29, 1.82) is 0 Å². The van der Waals surface area contributed by atoms with E-state index in [1.807, 2.05) is 18.2 Å². The predicted octanol–water partition coefficient (Wildman–Crippen LogP) is 3.65. The van der Waals surface area contributed by atoms with Crippen molar-refractivity contribution in [2.75, 3.05) is 0 Å². The van der Waals surface area contributed by atoms with Crippen LogP contribution >= 0.6 is 11.8 Å². The highest BCUT2D eigenvalue weighted by molar-refractivity contribution is 7.98. The van der Waals surface area contributed by atoms with Crippen molar-refractivity contribution in [3.8, 4) is 0 Å². The van der Waals surface area contributed by atoms with Gasteiger partial charge in [-0.1, -0.05) is 48.0 Å². The molecule has 0 aromatic heterocycles. The lowest BCUT2D eigenvalue weighted by atomic mass is 10.2. The van der Waals surface area contributed by atoms with Crippen molar-refractivity contribution in [2.24, 2.45) is 0 Å². The molecular formula is C15H14OS. The van der Waals surface area contributed by atoms with Crippen LogP contribution in [0.4, 0.5) is 0 Å². The first-order valence-corrected chi connectivity index (χ1v) is 6.52. The van der Waals surface area contributed by atoms with E-state index in [4.69, 9.17) is 0 Å². The van der Waals surface area contributed by atoms with Crippen molar-refractivity contribution >= 4 is 11.8 Å². The Morgan fingerprint density at radius 1 is 0.941 bits per heavy atom. The number of hydrogen-bond acceptors (Lipinski definition) is 2. The van der Waals surface area contributed by atoms with E-state index < -0.39 is 0 Å². The van der Waals surface area contributed by atoms with E-state index in [0.29, 0.717) is 0 Å².